The second-order valence-electron chi connectivity index (χ2n) is 5.51. The number of hydrogen-bond donors (Lipinski definition) is 0. The minimum atomic E-state index is -2.08. The molecule has 2 rings (SSSR count). The summed E-state index contributed by atoms with van der Waals surface area (Å²) < 4.78 is 6.62. The standard InChI is InChI=1S/C19H26OSi/c1-3-5-16-20-21(17-4-2,18-12-8-6-9-13-18)19-14-10-7-11-15-19/h6-15H,3-5,16-17H2,1-2H3. The average molecular weight is 299 g/mol. The second-order valence-corrected chi connectivity index (χ2v) is 9.11. The minimum Gasteiger partial charge on any atom is -0.408 e. The highest BCUT2D eigenvalue weighted by atomic mass is 28.4. The van der Waals surface area contributed by atoms with Gasteiger partial charge in [-0.1, -0.05) is 87.4 Å². The van der Waals surface area contributed by atoms with Gasteiger partial charge in [0.1, 0.15) is 0 Å². The van der Waals surface area contributed by atoms with Crippen LogP contribution < -0.4 is 10.4 Å². The Kier molecular flexibility index (Phi) is 6.21. The molecule has 2 aromatic carbocycles. The lowest BCUT2D eigenvalue weighted by molar-refractivity contribution is 0.306. The Hall–Kier alpha value is -1.38. The molecule has 0 spiro atoms. The van der Waals surface area contributed by atoms with Crippen LogP contribution in [0.1, 0.15) is 33.1 Å². The van der Waals surface area contributed by atoms with E-state index in [2.05, 4.69) is 74.5 Å². The van der Waals surface area contributed by atoms with Gasteiger partial charge in [0.25, 0.3) is 8.32 Å². The molecule has 0 heterocycles. The Morgan fingerprint density at radius 2 is 1.29 bits per heavy atom. The Morgan fingerprint density at radius 3 is 1.71 bits per heavy atom. The van der Waals surface area contributed by atoms with Gasteiger partial charge in [0.15, 0.2) is 0 Å². The topological polar surface area (TPSA) is 9.23 Å². The lowest BCUT2D eigenvalue weighted by Gasteiger charge is -2.32. The number of rotatable bonds is 8. The van der Waals surface area contributed by atoms with Gasteiger partial charge in [-0.2, -0.15) is 0 Å². The molecule has 0 aliphatic carbocycles. The van der Waals surface area contributed by atoms with Crippen molar-refractivity contribution in [2.75, 3.05) is 6.61 Å². The van der Waals surface area contributed by atoms with Crippen molar-refractivity contribution in [3.8, 4) is 0 Å². The molecule has 0 atom stereocenters. The fourth-order valence-electron chi connectivity index (χ4n) is 2.85. The van der Waals surface area contributed by atoms with Crippen LogP contribution in [0.5, 0.6) is 0 Å². The third kappa shape index (κ3) is 3.83. The molecule has 112 valence electrons. The van der Waals surface area contributed by atoms with Gasteiger partial charge in [-0.05, 0) is 22.8 Å². The Balaban J connectivity index is 2.44. The van der Waals surface area contributed by atoms with Gasteiger partial charge in [-0.15, -0.1) is 0 Å². The number of benzene rings is 2. The smallest absolute Gasteiger partial charge is 0.255 e. The highest BCUT2D eigenvalue weighted by molar-refractivity contribution is 6.97. The van der Waals surface area contributed by atoms with Crippen molar-refractivity contribution in [3.05, 3.63) is 60.7 Å². The van der Waals surface area contributed by atoms with Crippen LogP contribution >= 0.6 is 0 Å². The van der Waals surface area contributed by atoms with E-state index in [1.165, 1.54) is 16.8 Å². The summed E-state index contributed by atoms with van der Waals surface area (Å²) >= 11 is 0. The summed E-state index contributed by atoms with van der Waals surface area (Å²) in [5.74, 6) is 0. The molecule has 0 aliphatic heterocycles. The molecule has 0 radical (unpaired) electrons. The van der Waals surface area contributed by atoms with E-state index in [9.17, 15) is 0 Å². The van der Waals surface area contributed by atoms with Gasteiger partial charge < -0.3 is 4.43 Å². The van der Waals surface area contributed by atoms with Gasteiger partial charge in [-0.25, -0.2) is 0 Å². The number of unbranched alkanes of at least 4 members (excludes halogenated alkanes) is 1. The normalized spacial score (nSPS) is 11.5. The molecule has 0 N–H and O–H groups in total. The maximum atomic E-state index is 6.62. The molecule has 0 aromatic heterocycles. The fraction of sp³-hybridized carbons (Fsp3) is 0.368. The third-order valence-corrected chi connectivity index (χ3v) is 8.36. The van der Waals surface area contributed by atoms with Crippen LogP contribution in [0.3, 0.4) is 0 Å². The van der Waals surface area contributed by atoms with Crippen LogP contribution in [0.2, 0.25) is 6.04 Å². The van der Waals surface area contributed by atoms with Crippen molar-refractivity contribution < 1.29 is 4.43 Å². The van der Waals surface area contributed by atoms with Crippen LogP contribution in [0.4, 0.5) is 0 Å². The summed E-state index contributed by atoms with van der Waals surface area (Å²) in [6, 6.07) is 22.9. The molecule has 2 heteroatoms. The zero-order valence-corrected chi connectivity index (χ0v) is 14.2. The molecule has 0 amide bonds. The highest BCUT2D eigenvalue weighted by Crippen LogP contribution is 2.16. The van der Waals surface area contributed by atoms with Crippen molar-refractivity contribution in [2.24, 2.45) is 0 Å². The monoisotopic (exact) mass is 298 g/mol. The van der Waals surface area contributed by atoms with Crippen molar-refractivity contribution in [1.82, 2.24) is 0 Å². The average Bonchev–Trinajstić information content (AvgIpc) is 2.56. The SMILES string of the molecule is CCCCO[Si](CCC)(c1ccccc1)c1ccccc1. The summed E-state index contributed by atoms with van der Waals surface area (Å²) in [5.41, 5.74) is 0. The van der Waals surface area contributed by atoms with Gasteiger partial charge >= 0.3 is 0 Å². The van der Waals surface area contributed by atoms with E-state index in [0.29, 0.717) is 0 Å². The van der Waals surface area contributed by atoms with E-state index in [4.69, 9.17) is 4.43 Å². The van der Waals surface area contributed by atoms with Crippen LogP contribution in [0.15, 0.2) is 60.7 Å². The predicted molar refractivity (Wildman–Crippen MR) is 93.9 cm³/mol. The Morgan fingerprint density at radius 1 is 0.762 bits per heavy atom. The largest absolute Gasteiger partial charge is 0.408 e. The zero-order valence-electron chi connectivity index (χ0n) is 13.2. The molecule has 0 fully saturated rings. The fourth-order valence-corrected chi connectivity index (χ4v) is 6.90. The van der Waals surface area contributed by atoms with Gasteiger partial charge in [0.2, 0.25) is 0 Å². The van der Waals surface area contributed by atoms with Crippen molar-refractivity contribution in [1.29, 1.82) is 0 Å². The highest BCUT2D eigenvalue weighted by Gasteiger charge is 2.38. The lowest BCUT2D eigenvalue weighted by Crippen LogP contribution is -2.60. The molecular formula is C19H26OSi. The summed E-state index contributed by atoms with van der Waals surface area (Å²) in [5, 5.41) is 2.79. The van der Waals surface area contributed by atoms with Gasteiger partial charge in [0, 0.05) is 6.61 Å². The second kappa shape index (κ2) is 8.16. The van der Waals surface area contributed by atoms with Crippen LogP contribution in [0.25, 0.3) is 0 Å². The van der Waals surface area contributed by atoms with E-state index in [1.54, 1.807) is 0 Å². The molecule has 21 heavy (non-hydrogen) atoms. The molecule has 2 aromatic rings. The van der Waals surface area contributed by atoms with Crippen molar-refractivity contribution >= 4 is 18.7 Å². The van der Waals surface area contributed by atoms with E-state index in [0.717, 1.165) is 25.5 Å². The summed E-state index contributed by atoms with van der Waals surface area (Å²) in [6.45, 7) is 5.35. The maximum Gasteiger partial charge on any atom is 0.255 e. The van der Waals surface area contributed by atoms with E-state index < -0.39 is 8.32 Å². The van der Waals surface area contributed by atoms with E-state index in [-0.39, 0.29) is 0 Å². The molecule has 0 aliphatic rings. The van der Waals surface area contributed by atoms with Crippen LogP contribution in [0, 0.1) is 0 Å². The van der Waals surface area contributed by atoms with Gasteiger partial charge in [-0.3, -0.25) is 0 Å². The Labute approximate surface area is 130 Å². The van der Waals surface area contributed by atoms with Crippen LogP contribution in [-0.4, -0.2) is 14.9 Å². The quantitative estimate of drug-likeness (QED) is 0.529. The maximum absolute atomic E-state index is 6.62. The molecule has 0 saturated carbocycles. The summed E-state index contributed by atoms with van der Waals surface area (Å²) in [6.07, 6.45) is 3.47. The molecule has 0 unspecified atom stereocenters. The molecule has 1 nitrogen and oxygen atoms in total. The molecule has 0 saturated heterocycles. The minimum absolute atomic E-state index is 0.868. The first-order valence-corrected chi connectivity index (χ1v) is 10.2. The molecule has 0 bridgehead atoms. The molecular weight excluding hydrogens is 272 g/mol. The first-order chi connectivity index (χ1) is 10.3. The van der Waals surface area contributed by atoms with Crippen molar-refractivity contribution in [3.63, 3.8) is 0 Å². The number of hydrogen-bond acceptors (Lipinski definition) is 1. The van der Waals surface area contributed by atoms with E-state index in [1.807, 2.05) is 0 Å². The summed E-state index contributed by atoms with van der Waals surface area (Å²) in [4.78, 5) is 0. The predicted octanol–water partition coefficient (Wildman–Crippen LogP) is 3.97. The lowest BCUT2D eigenvalue weighted by atomic mass is 10.4. The first kappa shape index (κ1) is 16.0. The third-order valence-electron chi connectivity index (χ3n) is 3.93. The van der Waals surface area contributed by atoms with Gasteiger partial charge in [0.05, 0.1) is 0 Å². The Bertz CT molecular complexity index is 470. The first-order valence-electron chi connectivity index (χ1n) is 8.08. The van der Waals surface area contributed by atoms with E-state index >= 15 is 0 Å². The van der Waals surface area contributed by atoms with Crippen LogP contribution in [-0.2, 0) is 4.43 Å². The summed E-state index contributed by atoms with van der Waals surface area (Å²) in [7, 11) is -2.08. The zero-order chi connectivity index (χ0) is 15.0. The van der Waals surface area contributed by atoms with Crippen molar-refractivity contribution in [2.45, 2.75) is 39.2 Å².